The van der Waals surface area contributed by atoms with Gasteiger partial charge in [0.15, 0.2) is 0 Å². The summed E-state index contributed by atoms with van der Waals surface area (Å²) >= 11 is 0. The van der Waals surface area contributed by atoms with Crippen LogP contribution in [-0.4, -0.2) is 30.3 Å². The average Bonchev–Trinajstić information content (AvgIpc) is 2.16. The van der Waals surface area contributed by atoms with E-state index in [1.807, 2.05) is 12.1 Å². The Bertz CT molecular complexity index is 361. The molecule has 80 valence electrons. The van der Waals surface area contributed by atoms with Crippen molar-refractivity contribution in [3.8, 4) is 0 Å². The lowest BCUT2D eigenvalue weighted by Crippen LogP contribution is -2.45. The lowest BCUT2D eigenvalue weighted by molar-refractivity contribution is -0.00581. The van der Waals surface area contributed by atoms with Crippen molar-refractivity contribution in [3.05, 3.63) is 35.4 Å². The maximum atomic E-state index is 10.9. The Morgan fingerprint density at radius 2 is 2.20 bits per heavy atom. The van der Waals surface area contributed by atoms with Gasteiger partial charge in [0.2, 0.25) is 0 Å². The van der Waals surface area contributed by atoms with Crippen molar-refractivity contribution in [1.82, 2.24) is 5.32 Å². The van der Waals surface area contributed by atoms with E-state index in [9.17, 15) is 4.79 Å². The maximum Gasteiger partial charge on any atom is 0.336 e. The molecular formula is C11H13NO3. The second-order valence-corrected chi connectivity index (χ2v) is 3.58. The standard InChI is InChI=1S/C11H13NO3/c13-11(14)10-4-2-1-3-8(10)5-12-9-6-15-7-9/h1-4,9,12H,5-7H2,(H,13,14). The minimum absolute atomic E-state index is 0.366. The first-order valence-electron chi connectivity index (χ1n) is 4.89. The number of aromatic carboxylic acids is 1. The molecule has 0 spiro atoms. The van der Waals surface area contributed by atoms with Crippen LogP contribution in [0, 0.1) is 0 Å². The highest BCUT2D eigenvalue weighted by molar-refractivity contribution is 5.89. The molecular weight excluding hydrogens is 194 g/mol. The summed E-state index contributed by atoms with van der Waals surface area (Å²) in [6.45, 7) is 2.01. The van der Waals surface area contributed by atoms with Crippen molar-refractivity contribution in [1.29, 1.82) is 0 Å². The molecule has 1 fully saturated rings. The number of hydrogen-bond donors (Lipinski definition) is 2. The van der Waals surface area contributed by atoms with E-state index in [4.69, 9.17) is 9.84 Å². The van der Waals surface area contributed by atoms with Gasteiger partial charge in [-0.1, -0.05) is 18.2 Å². The van der Waals surface area contributed by atoms with Crippen LogP contribution in [0.3, 0.4) is 0 Å². The number of rotatable bonds is 4. The number of carboxylic acid groups (broad SMARTS) is 1. The highest BCUT2D eigenvalue weighted by Crippen LogP contribution is 2.09. The molecule has 1 heterocycles. The SMILES string of the molecule is O=C(O)c1ccccc1CNC1COC1. The van der Waals surface area contributed by atoms with Crippen LogP contribution in [0.4, 0.5) is 0 Å². The van der Waals surface area contributed by atoms with Crippen LogP contribution < -0.4 is 5.32 Å². The number of benzene rings is 1. The van der Waals surface area contributed by atoms with Crippen LogP contribution in [0.5, 0.6) is 0 Å². The molecule has 15 heavy (non-hydrogen) atoms. The quantitative estimate of drug-likeness (QED) is 0.769. The van der Waals surface area contributed by atoms with E-state index in [1.165, 1.54) is 0 Å². The highest BCUT2D eigenvalue weighted by atomic mass is 16.5. The predicted molar refractivity (Wildman–Crippen MR) is 54.8 cm³/mol. The van der Waals surface area contributed by atoms with Crippen LogP contribution in [0.1, 0.15) is 15.9 Å². The van der Waals surface area contributed by atoms with Gasteiger partial charge in [0.25, 0.3) is 0 Å². The van der Waals surface area contributed by atoms with E-state index in [-0.39, 0.29) is 0 Å². The van der Waals surface area contributed by atoms with E-state index in [0.717, 1.165) is 18.8 Å². The van der Waals surface area contributed by atoms with Gasteiger partial charge in [0.05, 0.1) is 24.8 Å². The summed E-state index contributed by atoms with van der Waals surface area (Å²) in [5, 5.41) is 12.2. The van der Waals surface area contributed by atoms with Crippen molar-refractivity contribution >= 4 is 5.97 Å². The third kappa shape index (κ3) is 2.34. The molecule has 0 saturated carbocycles. The first kappa shape index (κ1) is 10.1. The van der Waals surface area contributed by atoms with Gasteiger partial charge in [-0.25, -0.2) is 4.79 Å². The second kappa shape index (κ2) is 4.42. The molecule has 0 unspecified atom stereocenters. The van der Waals surface area contributed by atoms with Crippen LogP contribution >= 0.6 is 0 Å². The molecule has 4 nitrogen and oxygen atoms in total. The number of ether oxygens (including phenoxy) is 1. The van der Waals surface area contributed by atoms with E-state index >= 15 is 0 Å². The molecule has 0 aromatic heterocycles. The first-order chi connectivity index (χ1) is 7.27. The molecule has 4 heteroatoms. The largest absolute Gasteiger partial charge is 0.478 e. The molecule has 0 amide bonds. The molecule has 2 rings (SSSR count). The van der Waals surface area contributed by atoms with Crippen LogP contribution in [0.2, 0.25) is 0 Å². The Morgan fingerprint density at radius 1 is 1.47 bits per heavy atom. The zero-order valence-electron chi connectivity index (χ0n) is 8.27. The summed E-state index contributed by atoms with van der Waals surface area (Å²) in [4.78, 5) is 10.9. The Balaban J connectivity index is 2.02. The lowest BCUT2D eigenvalue weighted by Gasteiger charge is -2.27. The maximum absolute atomic E-state index is 10.9. The van der Waals surface area contributed by atoms with Crippen molar-refractivity contribution in [3.63, 3.8) is 0 Å². The lowest BCUT2D eigenvalue weighted by atomic mass is 10.1. The molecule has 2 N–H and O–H groups in total. The number of hydrogen-bond acceptors (Lipinski definition) is 3. The Morgan fingerprint density at radius 3 is 2.80 bits per heavy atom. The first-order valence-corrected chi connectivity index (χ1v) is 4.89. The Kier molecular flexibility index (Phi) is 2.99. The van der Waals surface area contributed by atoms with E-state index in [2.05, 4.69) is 5.32 Å². The van der Waals surface area contributed by atoms with Gasteiger partial charge in [-0.3, -0.25) is 0 Å². The third-order valence-corrected chi connectivity index (χ3v) is 2.47. The van der Waals surface area contributed by atoms with Crippen LogP contribution in [0.15, 0.2) is 24.3 Å². The topological polar surface area (TPSA) is 58.6 Å². The zero-order valence-corrected chi connectivity index (χ0v) is 8.27. The summed E-state index contributed by atoms with van der Waals surface area (Å²) in [5.41, 5.74) is 1.18. The molecule has 0 radical (unpaired) electrons. The van der Waals surface area contributed by atoms with Crippen LogP contribution in [-0.2, 0) is 11.3 Å². The zero-order chi connectivity index (χ0) is 10.7. The monoisotopic (exact) mass is 207 g/mol. The summed E-state index contributed by atoms with van der Waals surface area (Å²) < 4.78 is 5.02. The number of carbonyl (C=O) groups is 1. The smallest absolute Gasteiger partial charge is 0.336 e. The molecule has 1 aromatic rings. The van der Waals surface area contributed by atoms with Gasteiger partial charge in [0.1, 0.15) is 0 Å². The van der Waals surface area contributed by atoms with Gasteiger partial charge in [-0.2, -0.15) is 0 Å². The average molecular weight is 207 g/mol. The highest BCUT2D eigenvalue weighted by Gasteiger charge is 2.18. The minimum atomic E-state index is -0.878. The molecule has 0 bridgehead atoms. The number of carboxylic acids is 1. The molecule has 1 aliphatic rings. The Labute approximate surface area is 87.9 Å². The van der Waals surface area contributed by atoms with Crippen molar-refractivity contribution in [2.75, 3.05) is 13.2 Å². The van der Waals surface area contributed by atoms with Crippen molar-refractivity contribution in [2.24, 2.45) is 0 Å². The fraction of sp³-hybridized carbons (Fsp3) is 0.364. The third-order valence-electron chi connectivity index (χ3n) is 2.47. The number of nitrogens with one attached hydrogen (secondary N) is 1. The molecule has 1 aromatic carbocycles. The fourth-order valence-corrected chi connectivity index (χ4v) is 1.49. The van der Waals surface area contributed by atoms with Gasteiger partial charge in [-0.15, -0.1) is 0 Å². The molecule has 0 atom stereocenters. The summed E-state index contributed by atoms with van der Waals surface area (Å²) in [5.74, 6) is -0.878. The Hall–Kier alpha value is -1.39. The minimum Gasteiger partial charge on any atom is -0.478 e. The van der Waals surface area contributed by atoms with Crippen molar-refractivity contribution < 1.29 is 14.6 Å². The van der Waals surface area contributed by atoms with E-state index < -0.39 is 5.97 Å². The van der Waals surface area contributed by atoms with Gasteiger partial charge in [-0.05, 0) is 11.6 Å². The second-order valence-electron chi connectivity index (χ2n) is 3.58. The molecule has 1 saturated heterocycles. The van der Waals surface area contributed by atoms with Crippen molar-refractivity contribution in [2.45, 2.75) is 12.6 Å². The predicted octanol–water partition coefficient (Wildman–Crippen LogP) is 0.873. The van der Waals surface area contributed by atoms with Crippen LogP contribution in [0.25, 0.3) is 0 Å². The van der Waals surface area contributed by atoms with E-state index in [1.54, 1.807) is 12.1 Å². The van der Waals surface area contributed by atoms with Gasteiger partial charge in [0, 0.05) is 6.54 Å². The molecule has 1 aliphatic heterocycles. The normalized spacial score (nSPS) is 16.0. The van der Waals surface area contributed by atoms with Gasteiger partial charge < -0.3 is 15.2 Å². The summed E-state index contributed by atoms with van der Waals surface area (Å²) in [6.07, 6.45) is 0. The fourth-order valence-electron chi connectivity index (χ4n) is 1.49. The summed E-state index contributed by atoms with van der Waals surface area (Å²) in [7, 11) is 0. The van der Waals surface area contributed by atoms with Gasteiger partial charge >= 0.3 is 5.97 Å². The summed E-state index contributed by atoms with van der Waals surface area (Å²) in [6, 6.07) is 7.40. The van der Waals surface area contributed by atoms with E-state index in [0.29, 0.717) is 18.2 Å². The molecule has 0 aliphatic carbocycles.